The quantitative estimate of drug-likeness (QED) is 0.742. The number of nitrogens with zero attached hydrogens (tertiary/aromatic N) is 3. The third-order valence-electron chi connectivity index (χ3n) is 4.71. The lowest BCUT2D eigenvalue weighted by atomic mass is 10.1. The van der Waals surface area contributed by atoms with Gasteiger partial charge in [-0.05, 0) is 30.2 Å². The van der Waals surface area contributed by atoms with Crippen molar-refractivity contribution in [2.75, 3.05) is 19.7 Å². The molecular weight excluding hydrogens is 363 g/mol. The molecule has 8 heteroatoms. The van der Waals surface area contributed by atoms with Gasteiger partial charge in [0.15, 0.2) is 5.65 Å². The number of carbonyl (C=O) groups excluding carboxylic acids is 1. The van der Waals surface area contributed by atoms with Crippen LogP contribution in [0.3, 0.4) is 0 Å². The second kappa shape index (κ2) is 7.93. The van der Waals surface area contributed by atoms with Gasteiger partial charge in [-0.2, -0.15) is 0 Å². The number of aromatic amines is 1. The van der Waals surface area contributed by atoms with Crippen molar-refractivity contribution in [1.29, 1.82) is 0 Å². The van der Waals surface area contributed by atoms with E-state index in [0.717, 1.165) is 11.1 Å². The minimum Gasteiger partial charge on any atom is -0.445 e. The van der Waals surface area contributed by atoms with Crippen molar-refractivity contribution in [3.8, 4) is 0 Å². The van der Waals surface area contributed by atoms with E-state index in [0.29, 0.717) is 36.7 Å². The Morgan fingerprint density at radius 3 is 2.96 bits per heavy atom. The van der Waals surface area contributed by atoms with Crippen LogP contribution in [0.4, 0.5) is 9.18 Å². The maximum atomic E-state index is 13.3. The van der Waals surface area contributed by atoms with Crippen LogP contribution in [-0.4, -0.2) is 45.6 Å². The van der Waals surface area contributed by atoms with Crippen LogP contribution >= 0.6 is 0 Å². The fourth-order valence-corrected chi connectivity index (χ4v) is 3.11. The molecule has 1 fully saturated rings. The molecule has 28 heavy (non-hydrogen) atoms. The largest absolute Gasteiger partial charge is 0.445 e. The molecule has 3 heterocycles. The van der Waals surface area contributed by atoms with E-state index in [2.05, 4.69) is 15.0 Å². The average Bonchev–Trinajstić information content (AvgIpc) is 3.17. The summed E-state index contributed by atoms with van der Waals surface area (Å²) >= 11 is 0. The molecule has 1 amide bonds. The number of amides is 1. The standard InChI is InChI=1S/C20H21FN4O3/c1-13(21)15-6-4-14(5-7-15)12-28-20(26)25-9-10-27-17(11-25)19-23-16-3-2-8-22-18(16)24-19/h2-8,13,17H,9-12H2,1H3,(H,22,23,24)/t13?,17-/m0/s1. The molecule has 4 rings (SSSR count). The van der Waals surface area contributed by atoms with Gasteiger partial charge in [-0.3, -0.25) is 0 Å². The summed E-state index contributed by atoms with van der Waals surface area (Å²) in [6.07, 6.45) is -0.110. The monoisotopic (exact) mass is 384 g/mol. The molecule has 0 radical (unpaired) electrons. The number of pyridine rings is 1. The first-order chi connectivity index (χ1) is 13.6. The Morgan fingerprint density at radius 1 is 1.39 bits per heavy atom. The second-order valence-corrected chi connectivity index (χ2v) is 6.71. The number of hydrogen-bond donors (Lipinski definition) is 1. The molecule has 3 aromatic rings. The van der Waals surface area contributed by atoms with Crippen molar-refractivity contribution in [3.05, 3.63) is 59.5 Å². The van der Waals surface area contributed by atoms with Crippen molar-refractivity contribution in [3.63, 3.8) is 0 Å². The van der Waals surface area contributed by atoms with Gasteiger partial charge in [-0.15, -0.1) is 0 Å². The number of rotatable bonds is 4. The van der Waals surface area contributed by atoms with Gasteiger partial charge in [-0.1, -0.05) is 24.3 Å². The summed E-state index contributed by atoms with van der Waals surface area (Å²) in [4.78, 5) is 25.9. The molecule has 146 valence electrons. The summed E-state index contributed by atoms with van der Waals surface area (Å²) < 4.78 is 24.4. The number of halogens is 1. The number of benzene rings is 1. The van der Waals surface area contributed by atoms with Crippen LogP contribution < -0.4 is 0 Å². The minimum absolute atomic E-state index is 0.135. The Hall–Kier alpha value is -3.00. The Kier molecular flexibility index (Phi) is 5.21. The average molecular weight is 384 g/mol. The molecule has 7 nitrogen and oxygen atoms in total. The Morgan fingerprint density at radius 2 is 2.21 bits per heavy atom. The highest BCUT2D eigenvalue weighted by Crippen LogP contribution is 2.23. The van der Waals surface area contributed by atoms with Gasteiger partial charge in [0.05, 0.1) is 18.7 Å². The third kappa shape index (κ3) is 3.96. The SMILES string of the molecule is CC(F)c1ccc(COC(=O)N2CCO[C@H](c3nc4ncccc4[nH]3)C2)cc1. The van der Waals surface area contributed by atoms with Crippen molar-refractivity contribution in [2.24, 2.45) is 0 Å². The first-order valence-electron chi connectivity index (χ1n) is 9.17. The number of morpholine rings is 1. The zero-order chi connectivity index (χ0) is 19.5. The summed E-state index contributed by atoms with van der Waals surface area (Å²) in [6, 6.07) is 10.7. The topological polar surface area (TPSA) is 80.3 Å². The molecule has 0 spiro atoms. The van der Waals surface area contributed by atoms with Crippen molar-refractivity contribution < 1.29 is 18.7 Å². The second-order valence-electron chi connectivity index (χ2n) is 6.71. The van der Waals surface area contributed by atoms with Gasteiger partial charge in [-0.25, -0.2) is 19.2 Å². The summed E-state index contributed by atoms with van der Waals surface area (Å²) in [6.45, 7) is 2.81. The van der Waals surface area contributed by atoms with E-state index < -0.39 is 12.3 Å². The minimum atomic E-state index is -1.02. The predicted octanol–water partition coefficient (Wildman–Crippen LogP) is 3.70. The van der Waals surface area contributed by atoms with E-state index in [9.17, 15) is 9.18 Å². The van der Waals surface area contributed by atoms with Gasteiger partial charge in [0.2, 0.25) is 0 Å². The first-order valence-corrected chi connectivity index (χ1v) is 9.17. The number of nitrogens with one attached hydrogen (secondary N) is 1. The maximum Gasteiger partial charge on any atom is 0.410 e. The van der Waals surface area contributed by atoms with Crippen molar-refractivity contribution in [1.82, 2.24) is 19.9 Å². The van der Waals surface area contributed by atoms with Crippen LogP contribution in [0.5, 0.6) is 0 Å². The summed E-state index contributed by atoms with van der Waals surface area (Å²) in [5.74, 6) is 0.641. The zero-order valence-corrected chi connectivity index (χ0v) is 15.5. The van der Waals surface area contributed by atoms with Gasteiger partial charge in [0.1, 0.15) is 24.7 Å². The number of ether oxygens (including phenoxy) is 2. The van der Waals surface area contributed by atoms with Gasteiger partial charge in [0, 0.05) is 12.7 Å². The van der Waals surface area contributed by atoms with Crippen molar-refractivity contribution >= 4 is 17.3 Å². The molecule has 1 unspecified atom stereocenters. The van der Waals surface area contributed by atoms with Gasteiger partial charge < -0.3 is 19.4 Å². The highest BCUT2D eigenvalue weighted by molar-refractivity contribution is 5.70. The highest BCUT2D eigenvalue weighted by Gasteiger charge is 2.28. The van der Waals surface area contributed by atoms with Crippen LogP contribution in [-0.2, 0) is 16.1 Å². The number of fused-ring (bicyclic) bond motifs is 1. The number of alkyl halides is 1. The molecule has 1 N–H and O–H groups in total. The Bertz CT molecular complexity index is 924. The summed E-state index contributed by atoms with van der Waals surface area (Å²) in [5.41, 5.74) is 2.86. The first kappa shape index (κ1) is 18.4. The molecule has 0 saturated carbocycles. The lowest BCUT2D eigenvalue weighted by molar-refractivity contribution is -0.0330. The van der Waals surface area contributed by atoms with Crippen LogP contribution in [0.1, 0.15) is 36.2 Å². The van der Waals surface area contributed by atoms with Crippen LogP contribution in [0.25, 0.3) is 11.2 Å². The van der Waals surface area contributed by atoms with Gasteiger partial charge >= 0.3 is 6.09 Å². The van der Waals surface area contributed by atoms with E-state index in [4.69, 9.17) is 9.47 Å². The fraction of sp³-hybridized carbons (Fsp3) is 0.350. The van der Waals surface area contributed by atoms with E-state index in [1.165, 1.54) is 6.92 Å². The smallest absolute Gasteiger partial charge is 0.410 e. The third-order valence-corrected chi connectivity index (χ3v) is 4.71. The predicted molar refractivity (Wildman–Crippen MR) is 100 cm³/mol. The summed E-state index contributed by atoms with van der Waals surface area (Å²) in [5, 5.41) is 0. The molecule has 2 atom stereocenters. The zero-order valence-electron chi connectivity index (χ0n) is 15.5. The number of aromatic nitrogens is 3. The fourth-order valence-electron chi connectivity index (χ4n) is 3.11. The van der Waals surface area contributed by atoms with E-state index in [-0.39, 0.29) is 12.7 Å². The molecule has 0 aliphatic carbocycles. The lowest BCUT2D eigenvalue weighted by Gasteiger charge is -2.31. The normalized spacial score (nSPS) is 18.2. The molecule has 1 saturated heterocycles. The van der Waals surface area contributed by atoms with E-state index in [1.807, 2.05) is 12.1 Å². The number of carbonyl (C=O) groups is 1. The number of imidazole rings is 1. The Balaban J connectivity index is 1.36. The van der Waals surface area contributed by atoms with E-state index >= 15 is 0 Å². The van der Waals surface area contributed by atoms with Gasteiger partial charge in [0.25, 0.3) is 0 Å². The molecule has 1 aliphatic rings. The Labute approximate surface area is 161 Å². The molecular formula is C20H21FN4O3. The number of H-pyrrole nitrogens is 1. The summed E-state index contributed by atoms with van der Waals surface area (Å²) in [7, 11) is 0. The van der Waals surface area contributed by atoms with E-state index in [1.54, 1.807) is 35.4 Å². The molecule has 1 aliphatic heterocycles. The lowest BCUT2D eigenvalue weighted by Crippen LogP contribution is -2.42. The van der Waals surface area contributed by atoms with Crippen LogP contribution in [0, 0.1) is 0 Å². The van der Waals surface area contributed by atoms with Crippen LogP contribution in [0.2, 0.25) is 0 Å². The molecule has 2 aromatic heterocycles. The maximum absolute atomic E-state index is 13.3. The highest BCUT2D eigenvalue weighted by atomic mass is 19.1. The molecule has 0 bridgehead atoms. The molecule has 1 aromatic carbocycles. The number of hydrogen-bond acceptors (Lipinski definition) is 5. The van der Waals surface area contributed by atoms with Crippen LogP contribution in [0.15, 0.2) is 42.6 Å². The van der Waals surface area contributed by atoms with Crippen molar-refractivity contribution in [2.45, 2.75) is 25.8 Å².